The first kappa shape index (κ1) is 13.5. The smallest absolute Gasteiger partial charge is 0.233 e. The van der Waals surface area contributed by atoms with Gasteiger partial charge in [0.2, 0.25) is 5.91 Å². The fraction of sp³-hybridized carbons (Fsp3) is 0.636. The van der Waals surface area contributed by atoms with Crippen LogP contribution in [0.4, 0.5) is 0 Å². The van der Waals surface area contributed by atoms with Gasteiger partial charge in [-0.2, -0.15) is 5.10 Å². The zero-order chi connectivity index (χ0) is 12.5. The van der Waals surface area contributed by atoms with E-state index in [0.717, 1.165) is 31.6 Å². The predicted molar refractivity (Wildman–Crippen MR) is 64.2 cm³/mol. The molecule has 0 aliphatic carbocycles. The van der Waals surface area contributed by atoms with Crippen LogP contribution >= 0.6 is 0 Å². The molecule has 0 saturated carbocycles. The van der Waals surface area contributed by atoms with E-state index in [2.05, 4.69) is 17.4 Å². The molecule has 0 aromatic carbocycles. The highest BCUT2D eigenvalue weighted by atomic mass is 16.5. The second-order valence-electron chi connectivity index (χ2n) is 3.81. The van der Waals surface area contributed by atoms with Crippen molar-refractivity contribution in [3.8, 4) is 5.75 Å². The number of unbranched alkanes of at least 4 members (excludes halogenated alkanes) is 1. The lowest BCUT2D eigenvalue weighted by atomic mass is 10.2. The molecule has 6 nitrogen and oxygen atoms in total. The first-order valence-corrected chi connectivity index (χ1v) is 5.91. The Kier molecular flexibility index (Phi) is 6.09. The van der Waals surface area contributed by atoms with Crippen molar-refractivity contribution in [3.63, 3.8) is 0 Å². The average molecular weight is 240 g/mol. The molecule has 0 bridgehead atoms. The number of aromatic nitrogens is 2. The van der Waals surface area contributed by atoms with Crippen LogP contribution in [0.3, 0.4) is 0 Å². The lowest BCUT2D eigenvalue weighted by Gasteiger charge is -2.02. The van der Waals surface area contributed by atoms with Crippen LogP contribution < -0.4 is 16.0 Å². The highest BCUT2D eigenvalue weighted by molar-refractivity contribution is 5.75. The van der Waals surface area contributed by atoms with Crippen molar-refractivity contribution in [2.24, 2.45) is 5.84 Å². The number of aryl methyl sites for hydroxylation is 1. The third-order valence-corrected chi connectivity index (χ3v) is 2.29. The zero-order valence-corrected chi connectivity index (χ0v) is 10.2. The standard InChI is InChI=1S/C11H20N4O2/c1-2-6-15-9-10(8-13-15)17-7-4-3-5-11(16)14-12/h8-9H,2-7,12H2,1H3,(H,14,16). The summed E-state index contributed by atoms with van der Waals surface area (Å²) in [6.07, 6.45) is 6.68. The van der Waals surface area contributed by atoms with Gasteiger partial charge in [0.15, 0.2) is 5.75 Å². The van der Waals surface area contributed by atoms with Crippen LogP contribution in [0.25, 0.3) is 0 Å². The van der Waals surface area contributed by atoms with Crippen molar-refractivity contribution in [2.75, 3.05) is 6.61 Å². The van der Waals surface area contributed by atoms with Gasteiger partial charge in [-0.3, -0.25) is 14.9 Å². The Labute approximate surface area is 101 Å². The molecule has 3 N–H and O–H groups in total. The Morgan fingerprint density at radius 1 is 1.59 bits per heavy atom. The van der Waals surface area contributed by atoms with Gasteiger partial charge in [0.1, 0.15) is 0 Å². The predicted octanol–water partition coefficient (Wildman–Crippen LogP) is 0.832. The molecule has 1 amide bonds. The monoisotopic (exact) mass is 240 g/mol. The minimum absolute atomic E-state index is 0.138. The quantitative estimate of drug-likeness (QED) is 0.305. The minimum Gasteiger partial charge on any atom is -0.490 e. The van der Waals surface area contributed by atoms with E-state index >= 15 is 0 Å². The second kappa shape index (κ2) is 7.67. The van der Waals surface area contributed by atoms with Crippen molar-refractivity contribution in [1.29, 1.82) is 0 Å². The van der Waals surface area contributed by atoms with Crippen molar-refractivity contribution in [1.82, 2.24) is 15.2 Å². The van der Waals surface area contributed by atoms with Gasteiger partial charge in [-0.25, -0.2) is 5.84 Å². The van der Waals surface area contributed by atoms with Crippen molar-refractivity contribution >= 4 is 5.91 Å². The molecule has 1 aromatic rings. The Bertz CT molecular complexity index is 338. The molecule has 0 spiro atoms. The molecule has 0 aliphatic rings. The number of nitrogens with two attached hydrogens (primary N) is 1. The number of hydrogen-bond acceptors (Lipinski definition) is 4. The van der Waals surface area contributed by atoms with Gasteiger partial charge in [-0.05, 0) is 19.3 Å². The van der Waals surface area contributed by atoms with E-state index in [1.807, 2.05) is 10.9 Å². The van der Waals surface area contributed by atoms with E-state index in [4.69, 9.17) is 10.6 Å². The molecule has 1 heterocycles. The maximum Gasteiger partial charge on any atom is 0.233 e. The highest BCUT2D eigenvalue weighted by Crippen LogP contribution is 2.09. The fourth-order valence-electron chi connectivity index (χ4n) is 1.42. The zero-order valence-electron chi connectivity index (χ0n) is 10.2. The lowest BCUT2D eigenvalue weighted by molar-refractivity contribution is -0.121. The summed E-state index contributed by atoms with van der Waals surface area (Å²) < 4.78 is 7.36. The van der Waals surface area contributed by atoms with Crippen LogP contribution in [0.1, 0.15) is 32.6 Å². The topological polar surface area (TPSA) is 82.2 Å². The van der Waals surface area contributed by atoms with E-state index < -0.39 is 0 Å². The molecular weight excluding hydrogens is 220 g/mol. The SMILES string of the molecule is CCCn1cc(OCCCCC(=O)NN)cn1. The Morgan fingerprint density at radius 2 is 2.41 bits per heavy atom. The molecule has 0 saturated heterocycles. The van der Waals surface area contributed by atoms with Crippen LogP contribution in [0.5, 0.6) is 5.75 Å². The van der Waals surface area contributed by atoms with Crippen LogP contribution in [0, 0.1) is 0 Å². The number of nitrogens with one attached hydrogen (secondary N) is 1. The van der Waals surface area contributed by atoms with Crippen molar-refractivity contribution in [3.05, 3.63) is 12.4 Å². The number of hydrogen-bond donors (Lipinski definition) is 2. The summed E-state index contributed by atoms with van der Waals surface area (Å²) >= 11 is 0. The van der Waals surface area contributed by atoms with E-state index in [0.29, 0.717) is 13.0 Å². The largest absolute Gasteiger partial charge is 0.490 e. The third kappa shape index (κ3) is 5.35. The molecule has 96 valence electrons. The van der Waals surface area contributed by atoms with Crippen molar-refractivity contribution in [2.45, 2.75) is 39.2 Å². The highest BCUT2D eigenvalue weighted by Gasteiger charge is 2.00. The fourth-order valence-corrected chi connectivity index (χ4v) is 1.42. The van der Waals surface area contributed by atoms with E-state index in [1.54, 1.807) is 6.20 Å². The third-order valence-electron chi connectivity index (χ3n) is 2.29. The van der Waals surface area contributed by atoms with Gasteiger partial charge in [-0.15, -0.1) is 0 Å². The number of hydrazine groups is 1. The summed E-state index contributed by atoms with van der Waals surface area (Å²) in [4.78, 5) is 10.8. The lowest BCUT2D eigenvalue weighted by Crippen LogP contribution is -2.29. The van der Waals surface area contributed by atoms with Gasteiger partial charge in [0, 0.05) is 13.0 Å². The number of carbonyl (C=O) groups is 1. The summed E-state index contributed by atoms with van der Waals surface area (Å²) in [5.74, 6) is 5.61. The van der Waals surface area contributed by atoms with E-state index in [9.17, 15) is 4.79 Å². The van der Waals surface area contributed by atoms with Crippen molar-refractivity contribution < 1.29 is 9.53 Å². The molecule has 6 heteroatoms. The number of ether oxygens (including phenoxy) is 1. The summed E-state index contributed by atoms with van der Waals surface area (Å²) in [7, 11) is 0. The maximum absolute atomic E-state index is 10.8. The molecule has 17 heavy (non-hydrogen) atoms. The van der Waals surface area contributed by atoms with Crippen LogP contribution in [-0.4, -0.2) is 22.3 Å². The minimum atomic E-state index is -0.138. The second-order valence-corrected chi connectivity index (χ2v) is 3.81. The molecule has 0 aliphatic heterocycles. The molecule has 1 aromatic heterocycles. The normalized spacial score (nSPS) is 10.2. The summed E-state index contributed by atoms with van der Waals surface area (Å²) in [5, 5.41) is 4.16. The van der Waals surface area contributed by atoms with Gasteiger partial charge in [0.25, 0.3) is 0 Å². The molecule has 0 unspecified atom stereocenters. The Morgan fingerprint density at radius 3 is 3.12 bits per heavy atom. The molecule has 1 rings (SSSR count). The van der Waals surface area contributed by atoms with Gasteiger partial charge in [0.05, 0.1) is 19.0 Å². The number of nitrogens with zero attached hydrogens (tertiary/aromatic N) is 2. The number of carbonyl (C=O) groups excluding carboxylic acids is 1. The van der Waals surface area contributed by atoms with Gasteiger partial charge >= 0.3 is 0 Å². The van der Waals surface area contributed by atoms with Crippen LogP contribution in [0.2, 0.25) is 0 Å². The first-order valence-electron chi connectivity index (χ1n) is 5.91. The Balaban J connectivity index is 2.11. The molecule has 0 fully saturated rings. The van der Waals surface area contributed by atoms with Gasteiger partial charge in [-0.1, -0.05) is 6.92 Å². The summed E-state index contributed by atoms with van der Waals surface area (Å²) in [6, 6.07) is 0. The molecular formula is C11H20N4O2. The molecule has 0 radical (unpaired) electrons. The number of rotatable bonds is 8. The average Bonchev–Trinajstić information content (AvgIpc) is 2.76. The van der Waals surface area contributed by atoms with Gasteiger partial charge < -0.3 is 4.74 Å². The molecule has 0 atom stereocenters. The van der Waals surface area contributed by atoms with E-state index in [1.165, 1.54) is 0 Å². The maximum atomic E-state index is 10.8. The summed E-state index contributed by atoms with van der Waals surface area (Å²) in [5.41, 5.74) is 2.10. The number of amides is 1. The Hall–Kier alpha value is -1.56. The summed E-state index contributed by atoms with van der Waals surface area (Å²) in [6.45, 7) is 3.60. The van der Waals surface area contributed by atoms with Crippen LogP contribution in [0.15, 0.2) is 12.4 Å². The first-order chi connectivity index (χ1) is 8.26. The van der Waals surface area contributed by atoms with Crippen LogP contribution in [-0.2, 0) is 11.3 Å². The van der Waals surface area contributed by atoms with E-state index in [-0.39, 0.29) is 5.91 Å².